The van der Waals surface area contributed by atoms with Gasteiger partial charge in [0.25, 0.3) is 5.91 Å². The lowest BCUT2D eigenvalue weighted by Gasteiger charge is -2.09. The highest BCUT2D eigenvalue weighted by molar-refractivity contribution is 8.01. The number of ether oxygens (including phenoxy) is 1. The Morgan fingerprint density at radius 2 is 2.14 bits per heavy atom. The lowest BCUT2D eigenvalue weighted by Crippen LogP contribution is -2.10. The number of hydrogen-bond donors (Lipinski definition) is 1. The van der Waals surface area contributed by atoms with Crippen LogP contribution in [0.2, 0.25) is 0 Å². The maximum atomic E-state index is 12.5. The highest BCUT2D eigenvalue weighted by Gasteiger charge is 2.30. The second-order valence-electron chi connectivity index (χ2n) is 3.96. The lowest BCUT2D eigenvalue weighted by atomic mass is 10.2. The predicted octanol–water partition coefficient (Wildman–Crippen LogP) is 2.83. The van der Waals surface area contributed by atoms with E-state index in [1.165, 1.54) is 23.9 Å². The molecular formula is C12H10F3N3O2S2. The summed E-state index contributed by atoms with van der Waals surface area (Å²) < 4.78 is 43.4. The van der Waals surface area contributed by atoms with E-state index in [2.05, 4.69) is 10.2 Å². The molecule has 0 saturated carbocycles. The van der Waals surface area contributed by atoms with E-state index in [1.54, 1.807) is 0 Å². The second kappa shape index (κ2) is 6.97. The van der Waals surface area contributed by atoms with E-state index in [0.29, 0.717) is 10.1 Å². The molecule has 22 heavy (non-hydrogen) atoms. The molecule has 0 unspecified atom stereocenters. The smallest absolute Gasteiger partial charge is 0.416 e. The average Bonchev–Trinajstić information content (AvgIpc) is 2.92. The van der Waals surface area contributed by atoms with Crippen LogP contribution in [0.1, 0.15) is 15.4 Å². The number of nitrogens with zero attached hydrogens (tertiary/aromatic N) is 2. The predicted molar refractivity (Wildman–Crippen MR) is 76.1 cm³/mol. The third-order valence-electron chi connectivity index (χ3n) is 2.36. The van der Waals surface area contributed by atoms with E-state index in [0.717, 1.165) is 23.5 Å². The first-order valence-electron chi connectivity index (χ1n) is 5.92. The summed E-state index contributed by atoms with van der Waals surface area (Å²) in [7, 11) is 0. The quantitative estimate of drug-likeness (QED) is 0.641. The lowest BCUT2D eigenvalue weighted by molar-refractivity contribution is -0.137. The van der Waals surface area contributed by atoms with Crippen molar-refractivity contribution in [3.8, 4) is 5.75 Å². The van der Waals surface area contributed by atoms with Crippen molar-refractivity contribution in [3.63, 3.8) is 0 Å². The summed E-state index contributed by atoms with van der Waals surface area (Å²) in [4.78, 5) is 10.8. The van der Waals surface area contributed by atoms with Crippen LogP contribution < -0.4 is 10.5 Å². The van der Waals surface area contributed by atoms with E-state index in [4.69, 9.17) is 10.5 Å². The third kappa shape index (κ3) is 4.60. The number of benzene rings is 1. The molecule has 0 fully saturated rings. The fourth-order valence-corrected chi connectivity index (χ4v) is 3.01. The summed E-state index contributed by atoms with van der Waals surface area (Å²) in [5, 5.41) is 7.47. The van der Waals surface area contributed by atoms with E-state index < -0.39 is 17.6 Å². The van der Waals surface area contributed by atoms with Crippen molar-refractivity contribution >= 4 is 29.0 Å². The minimum absolute atomic E-state index is 0.112. The van der Waals surface area contributed by atoms with Crippen LogP contribution in [0.15, 0.2) is 28.6 Å². The number of hydrogen-bond acceptors (Lipinski definition) is 6. The number of amides is 1. The Labute approximate surface area is 131 Å². The Morgan fingerprint density at radius 3 is 2.77 bits per heavy atom. The normalized spacial score (nSPS) is 11.4. The molecule has 5 nitrogen and oxygen atoms in total. The molecule has 0 saturated heterocycles. The molecule has 118 valence electrons. The van der Waals surface area contributed by atoms with Crippen LogP contribution in [0.3, 0.4) is 0 Å². The van der Waals surface area contributed by atoms with Gasteiger partial charge in [0.15, 0.2) is 4.34 Å². The van der Waals surface area contributed by atoms with Gasteiger partial charge in [0.05, 0.1) is 12.2 Å². The zero-order valence-corrected chi connectivity index (χ0v) is 12.6. The molecule has 1 heterocycles. The Balaban J connectivity index is 1.82. The number of halogens is 3. The van der Waals surface area contributed by atoms with E-state index in [9.17, 15) is 18.0 Å². The summed E-state index contributed by atoms with van der Waals surface area (Å²) in [5.41, 5.74) is 4.29. The first-order valence-corrected chi connectivity index (χ1v) is 7.72. The Bertz CT molecular complexity index is 661. The number of thioether (sulfide) groups is 1. The van der Waals surface area contributed by atoms with Gasteiger partial charge >= 0.3 is 6.18 Å². The highest BCUT2D eigenvalue weighted by atomic mass is 32.2. The summed E-state index contributed by atoms with van der Waals surface area (Å²) in [6.07, 6.45) is -4.40. The zero-order chi connectivity index (χ0) is 16.2. The number of nitrogens with two attached hydrogens (primary N) is 1. The molecule has 1 aromatic carbocycles. The molecule has 0 spiro atoms. The number of alkyl halides is 3. The molecule has 2 N–H and O–H groups in total. The summed E-state index contributed by atoms with van der Waals surface area (Å²) in [6.45, 7) is 0.192. The summed E-state index contributed by atoms with van der Waals surface area (Å²) >= 11 is 2.33. The molecule has 0 bridgehead atoms. The molecule has 2 aromatic rings. The van der Waals surface area contributed by atoms with Gasteiger partial charge in [0.2, 0.25) is 5.01 Å². The maximum Gasteiger partial charge on any atom is 0.416 e. The van der Waals surface area contributed by atoms with Gasteiger partial charge in [-0.25, -0.2) is 0 Å². The van der Waals surface area contributed by atoms with Crippen LogP contribution in [0, 0.1) is 0 Å². The van der Waals surface area contributed by atoms with Gasteiger partial charge in [-0.15, -0.1) is 10.2 Å². The third-order valence-corrected chi connectivity index (χ3v) is 4.39. The number of primary amides is 1. The van der Waals surface area contributed by atoms with Crippen molar-refractivity contribution in [1.82, 2.24) is 10.2 Å². The van der Waals surface area contributed by atoms with Crippen LogP contribution in [-0.4, -0.2) is 28.5 Å². The number of carbonyl (C=O) groups is 1. The van der Waals surface area contributed by atoms with Crippen LogP contribution >= 0.6 is 23.1 Å². The van der Waals surface area contributed by atoms with Crippen LogP contribution in [0.25, 0.3) is 0 Å². The minimum Gasteiger partial charge on any atom is -0.493 e. The minimum atomic E-state index is -4.40. The van der Waals surface area contributed by atoms with Gasteiger partial charge in [0.1, 0.15) is 5.75 Å². The van der Waals surface area contributed by atoms with Crippen molar-refractivity contribution in [3.05, 3.63) is 34.8 Å². The van der Waals surface area contributed by atoms with Crippen molar-refractivity contribution in [2.45, 2.75) is 10.5 Å². The molecule has 0 atom stereocenters. The van der Waals surface area contributed by atoms with Crippen LogP contribution in [-0.2, 0) is 6.18 Å². The molecule has 0 radical (unpaired) electrons. The Morgan fingerprint density at radius 1 is 1.36 bits per heavy atom. The molecule has 0 aliphatic carbocycles. The van der Waals surface area contributed by atoms with Crippen molar-refractivity contribution in [2.24, 2.45) is 5.73 Å². The Kier molecular flexibility index (Phi) is 5.24. The SMILES string of the molecule is NC(=O)c1nnc(SCCOc2cccc(C(F)(F)F)c2)s1. The van der Waals surface area contributed by atoms with Gasteiger partial charge in [0, 0.05) is 5.75 Å². The molecule has 0 aliphatic rings. The first-order chi connectivity index (χ1) is 10.4. The van der Waals surface area contributed by atoms with Crippen molar-refractivity contribution < 1.29 is 22.7 Å². The fraction of sp³-hybridized carbons (Fsp3) is 0.250. The molecule has 10 heteroatoms. The molecule has 1 aromatic heterocycles. The molecular weight excluding hydrogens is 339 g/mol. The number of aromatic nitrogens is 2. The van der Waals surface area contributed by atoms with Gasteiger partial charge in [-0.3, -0.25) is 4.79 Å². The van der Waals surface area contributed by atoms with Crippen molar-refractivity contribution in [2.75, 3.05) is 12.4 Å². The second-order valence-corrected chi connectivity index (χ2v) is 6.28. The van der Waals surface area contributed by atoms with Gasteiger partial charge in [-0.05, 0) is 18.2 Å². The van der Waals surface area contributed by atoms with Crippen LogP contribution in [0.5, 0.6) is 5.75 Å². The van der Waals surface area contributed by atoms with Gasteiger partial charge < -0.3 is 10.5 Å². The number of carbonyl (C=O) groups excluding carboxylic acids is 1. The fourth-order valence-electron chi connectivity index (χ4n) is 1.42. The average molecular weight is 349 g/mol. The van der Waals surface area contributed by atoms with E-state index in [1.807, 2.05) is 0 Å². The van der Waals surface area contributed by atoms with Gasteiger partial charge in [-0.1, -0.05) is 29.2 Å². The first kappa shape index (κ1) is 16.6. The van der Waals surface area contributed by atoms with Crippen molar-refractivity contribution in [1.29, 1.82) is 0 Å². The zero-order valence-electron chi connectivity index (χ0n) is 11.0. The monoisotopic (exact) mass is 349 g/mol. The van der Waals surface area contributed by atoms with E-state index in [-0.39, 0.29) is 17.4 Å². The molecule has 2 rings (SSSR count). The number of rotatable bonds is 6. The van der Waals surface area contributed by atoms with Crippen LogP contribution in [0.4, 0.5) is 13.2 Å². The highest BCUT2D eigenvalue weighted by Crippen LogP contribution is 2.31. The summed E-state index contributed by atoms with van der Waals surface area (Å²) in [6, 6.07) is 4.67. The maximum absolute atomic E-state index is 12.5. The van der Waals surface area contributed by atoms with Gasteiger partial charge in [-0.2, -0.15) is 13.2 Å². The summed E-state index contributed by atoms with van der Waals surface area (Å²) in [5.74, 6) is -0.0565. The largest absolute Gasteiger partial charge is 0.493 e. The standard InChI is InChI=1S/C12H10F3N3O2S2/c13-12(14,15)7-2-1-3-8(6-7)20-4-5-21-11-18-17-10(22-11)9(16)19/h1-3,6H,4-5H2,(H2,16,19). The molecule has 1 amide bonds. The van der Waals surface area contributed by atoms with E-state index >= 15 is 0 Å². The topological polar surface area (TPSA) is 78.1 Å². The Hall–Kier alpha value is -1.81. The molecule has 0 aliphatic heterocycles.